The van der Waals surface area contributed by atoms with Gasteiger partial charge in [0.2, 0.25) is 0 Å². The zero-order valence-electron chi connectivity index (χ0n) is 10.1. The number of nitrogens with one attached hydrogen (secondary N) is 1. The molecule has 0 aliphatic heterocycles. The van der Waals surface area contributed by atoms with Gasteiger partial charge in [-0.1, -0.05) is 11.6 Å². The minimum Gasteiger partial charge on any atom is -0.383 e. The van der Waals surface area contributed by atoms with Crippen molar-refractivity contribution in [1.29, 1.82) is 5.26 Å². The molecule has 0 heterocycles. The zero-order chi connectivity index (χ0) is 12.9. The van der Waals surface area contributed by atoms with Crippen molar-refractivity contribution in [3.05, 3.63) is 29.0 Å². The summed E-state index contributed by atoms with van der Waals surface area (Å²) in [6.07, 6.45) is 1.59. The molecule has 0 saturated carbocycles. The van der Waals surface area contributed by atoms with Gasteiger partial charge in [-0.3, -0.25) is 0 Å². The summed E-state index contributed by atoms with van der Waals surface area (Å²) in [5.74, 6) is -0.311. The number of hydrogen-bond donors (Lipinski definition) is 1. The molecular weight excluding hydrogens is 239 g/mol. The number of anilines is 1. The van der Waals surface area contributed by atoms with E-state index < -0.39 is 0 Å². The molecule has 0 unspecified atom stereocenters. The normalized spacial score (nSPS) is 11.0. The smallest absolute Gasteiger partial charge is 0.146 e. The Kier molecular flexibility index (Phi) is 4.77. The van der Waals surface area contributed by atoms with E-state index in [4.69, 9.17) is 16.9 Å². The van der Waals surface area contributed by atoms with Crippen LogP contribution in [-0.2, 0) is 0 Å². The highest BCUT2D eigenvalue weighted by atomic mass is 35.5. The van der Waals surface area contributed by atoms with Gasteiger partial charge in [0.05, 0.1) is 17.2 Å². The van der Waals surface area contributed by atoms with Crippen LogP contribution in [0.4, 0.5) is 10.1 Å². The summed E-state index contributed by atoms with van der Waals surface area (Å²) >= 11 is 5.77. The molecule has 17 heavy (non-hydrogen) atoms. The van der Waals surface area contributed by atoms with Crippen molar-refractivity contribution in [3.63, 3.8) is 0 Å². The molecule has 0 saturated heterocycles. The lowest BCUT2D eigenvalue weighted by Gasteiger charge is -2.15. The number of halogens is 2. The van der Waals surface area contributed by atoms with Gasteiger partial charge >= 0.3 is 0 Å². The van der Waals surface area contributed by atoms with Crippen LogP contribution < -0.4 is 5.32 Å². The molecule has 0 aliphatic carbocycles. The minimum absolute atomic E-state index is 0.311. The number of benzene rings is 1. The third-order valence-corrected chi connectivity index (χ3v) is 2.76. The molecule has 2 nitrogen and oxygen atoms in total. The fourth-order valence-electron chi connectivity index (χ4n) is 1.44. The summed E-state index contributed by atoms with van der Waals surface area (Å²) < 4.78 is 13.3. The van der Waals surface area contributed by atoms with Crippen LogP contribution in [0.5, 0.6) is 0 Å². The summed E-state index contributed by atoms with van der Waals surface area (Å²) in [5, 5.41) is 12.3. The largest absolute Gasteiger partial charge is 0.383 e. The lowest BCUT2D eigenvalue weighted by molar-refractivity contribution is 0.441. The number of rotatable bonds is 5. The first-order valence-corrected chi connectivity index (χ1v) is 5.92. The Hall–Kier alpha value is -1.27. The Morgan fingerprint density at radius 2 is 2.18 bits per heavy atom. The zero-order valence-corrected chi connectivity index (χ0v) is 10.8. The molecule has 0 amide bonds. The molecule has 1 aromatic carbocycles. The number of nitriles is 1. The molecule has 0 bridgehead atoms. The van der Waals surface area contributed by atoms with Gasteiger partial charge in [-0.05, 0) is 44.9 Å². The van der Waals surface area contributed by atoms with Crippen LogP contribution in [0, 0.1) is 22.6 Å². The topological polar surface area (TPSA) is 35.8 Å². The average Bonchev–Trinajstić information content (AvgIpc) is 2.29. The Morgan fingerprint density at radius 1 is 1.47 bits per heavy atom. The molecule has 1 N–H and O–H groups in total. The van der Waals surface area contributed by atoms with Crippen LogP contribution in [0.1, 0.15) is 26.7 Å². The molecular formula is C13H16ClFN2. The molecule has 1 rings (SSSR count). The molecule has 1 aromatic rings. The van der Waals surface area contributed by atoms with Crippen molar-refractivity contribution >= 4 is 17.3 Å². The first kappa shape index (κ1) is 13.8. The fourth-order valence-corrected chi connectivity index (χ4v) is 1.61. The highest BCUT2D eigenvalue weighted by Gasteiger charge is 2.15. The quantitative estimate of drug-likeness (QED) is 0.799. The molecule has 0 aromatic heterocycles. The average molecular weight is 255 g/mol. The van der Waals surface area contributed by atoms with Gasteiger partial charge in [0.1, 0.15) is 5.82 Å². The first-order valence-electron chi connectivity index (χ1n) is 5.55. The van der Waals surface area contributed by atoms with E-state index in [0.29, 0.717) is 17.3 Å². The van der Waals surface area contributed by atoms with Crippen molar-refractivity contribution in [2.45, 2.75) is 26.7 Å². The van der Waals surface area contributed by atoms with Crippen molar-refractivity contribution in [2.24, 2.45) is 5.41 Å². The lowest BCUT2D eigenvalue weighted by Crippen LogP contribution is -2.11. The van der Waals surface area contributed by atoms with Crippen molar-refractivity contribution < 1.29 is 4.39 Å². The van der Waals surface area contributed by atoms with Crippen molar-refractivity contribution in [1.82, 2.24) is 0 Å². The second-order valence-corrected chi connectivity index (χ2v) is 5.09. The van der Waals surface area contributed by atoms with Crippen molar-refractivity contribution in [2.75, 3.05) is 11.9 Å². The van der Waals surface area contributed by atoms with E-state index in [0.717, 1.165) is 12.8 Å². The number of hydrogen-bond acceptors (Lipinski definition) is 2. The van der Waals surface area contributed by atoms with Crippen molar-refractivity contribution in [3.8, 4) is 6.07 Å². The molecule has 4 heteroatoms. The van der Waals surface area contributed by atoms with Gasteiger partial charge < -0.3 is 5.32 Å². The SMILES string of the molecule is CC(C)(C#N)CCCNc1cc(Cl)ccc1F. The second kappa shape index (κ2) is 5.88. The monoisotopic (exact) mass is 254 g/mol. The maximum Gasteiger partial charge on any atom is 0.146 e. The maximum atomic E-state index is 13.3. The molecule has 0 aliphatic rings. The van der Waals surface area contributed by atoms with Crippen LogP contribution in [0.3, 0.4) is 0 Å². The molecule has 0 fully saturated rings. The van der Waals surface area contributed by atoms with Gasteiger partial charge in [0, 0.05) is 11.6 Å². The van der Waals surface area contributed by atoms with E-state index in [2.05, 4.69) is 11.4 Å². The van der Waals surface area contributed by atoms with Crippen LogP contribution in [0.25, 0.3) is 0 Å². The Balaban J connectivity index is 2.42. The minimum atomic E-state index is -0.325. The Bertz CT molecular complexity index is 424. The predicted octanol–water partition coefficient (Wildman–Crippen LogP) is 4.22. The van der Waals surface area contributed by atoms with E-state index in [1.807, 2.05) is 13.8 Å². The first-order chi connectivity index (χ1) is 7.94. The van der Waals surface area contributed by atoms with Gasteiger partial charge in [0.15, 0.2) is 0 Å². The van der Waals surface area contributed by atoms with E-state index in [9.17, 15) is 4.39 Å². The third kappa shape index (κ3) is 4.62. The summed E-state index contributed by atoms with van der Waals surface area (Å²) in [6.45, 7) is 4.42. The van der Waals surface area contributed by atoms with Gasteiger partial charge in [-0.2, -0.15) is 5.26 Å². The third-order valence-electron chi connectivity index (χ3n) is 2.53. The van der Waals surface area contributed by atoms with E-state index in [-0.39, 0.29) is 11.2 Å². The molecule has 0 spiro atoms. The van der Waals surface area contributed by atoms with Crippen LogP contribution in [0.2, 0.25) is 5.02 Å². The van der Waals surface area contributed by atoms with E-state index in [1.54, 1.807) is 6.07 Å². The predicted molar refractivity (Wildman–Crippen MR) is 68.5 cm³/mol. The Morgan fingerprint density at radius 3 is 2.82 bits per heavy atom. The maximum absolute atomic E-state index is 13.3. The molecule has 92 valence electrons. The van der Waals surface area contributed by atoms with Crippen LogP contribution >= 0.6 is 11.6 Å². The highest BCUT2D eigenvalue weighted by molar-refractivity contribution is 6.30. The molecule has 0 atom stereocenters. The summed E-state index contributed by atoms with van der Waals surface area (Å²) in [6, 6.07) is 6.65. The molecule has 0 radical (unpaired) electrons. The highest BCUT2D eigenvalue weighted by Crippen LogP contribution is 2.22. The van der Waals surface area contributed by atoms with Crippen LogP contribution in [0.15, 0.2) is 18.2 Å². The number of nitrogens with zero attached hydrogens (tertiary/aromatic N) is 1. The lowest BCUT2D eigenvalue weighted by atomic mass is 9.90. The standard InChI is InChI=1S/C13H16ClFN2/c1-13(2,9-16)6-3-7-17-12-8-10(14)4-5-11(12)15/h4-5,8,17H,3,6-7H2,1-2H3. The summed E-state index contributed by atoms with van der Waals surface area (Å²) in [7, 11) is 0. The summed E-state index contributed by atoms with van der Waals surface area (Å²) in [4.78, 5) is 0. The van der Waals surface area contributed by atoms with Crippen LogP contribution in [-0.4, -0.2) is 6.54 Å². The van der Waals surface area contributed by atoms with Gasteiger partial charge in [-0.25, -0.2) is 4.39 Å². The summed E-state index contributed by atoms with van der Waals surface area (Å²) in [5.41, 5.74) is 0.0847. The second-order valence-electron chi connectivity index (χ2n) is 4.65. The van der Waals surface area contributed by atoms with E-state index >= 15 is 0 Å². The van der Waals surface area contributed by atoms with Gasteiger partial charge in [0.25, 0.3) is 0 Å². The van der Waals surface area contributed by atoms with E-state index in [1.165, 1.54) is 12.1 Å². The fraction of sp³-hybridized carbons (Fsp3) is 0.462. The Labute approximate surface area is 106 Å². The van der Waals surface area contributed by atoms with Gasteiger partial charge in [-0.15, -0.1) is 0 Å².